The van der Waals surface area contributed by atoms with Crippen molar-refractivity contribution in [1.82, 2.24) is 20.9 Å². The lowest BCUT2D eigenvalue weighted by molar-refractivity contribution is -0.141. The van der Waals surface area contributed by atoms with E-state index in [1.54, 1.807) is 34.3 Å². The van der Waals surface area contributed by atoms with Crippen molar-refractivity contribution in [3.8, 4) is 0 Å². The Kier molecular flexibility index (Phi) is 16.4. The van der Waals surface area contributed by atoms with Gasteiger partial charge in [0.25, 0.3) is 0 Å². The Balaban J connectivity index is 0.000000380. The lowest BCUT2D eigenvalue weighted by atomic mass is 10.1. The average molecular weight is 521 g/mol. The zero-order valence-electron chi connectivity index (χ0n) is 21.9. The Morgan fingerprint density at radius 2 is 0.921 bits per heavy atom. The molecular weight excluding hydrogens is 480 g/mol. The number of benzene rings is 2. The van der Waals surface area contributed by atoms with E-state index >= 15 is 0 Å². The summed E-state index contributed by atoms with van der Waals surface area (Å²) < 4.78 is 0. The molecule has 0 unspecified atom stereocenters. The summed E-state index contributed by atoms with van der Waals surface area (Å²) in [6, 6.07) is 17.8. The topological polar surface area (TPSA) is 105 Å². The van der Waals surface area contributed by atoms with E-state index < -0.39 is 24.0 Å². The van der Waals surface area contributed by atoms with Crippen molar-refractivity contribution in [3.05, 3.63) is 122 Å². The van der Waals surface area contributed by atoms with Crippen LogP contribution in [0.25, 0.3) is 0 Å². The van der Waals surface area contributed by atoms with Crippen LogP contribution in [0.2, 0.25) is 0 Å². The molecule has 0 radical (unpaired) electrons. The van der Waals surface area contributed by atoms with Crippen molar-refractivity contribution in [2.45, 2.75) is 24.9 Å². The van der Waals surface area contributed by atoms with Gasteiger partial charge in [-0.3, -0.25) is 9.59 Å². The lowest BCUT2D eigenvalue weighted by Crippen LogP contribution is -2.49. The molecule has 2 atom stereocenters. The molecule has 2 rings (SSSR count). The highest BCUT2D eigenvalue weighted by molar-refractivity contribution is 5.74. The van der Waals surface area contributed by atoms with Crippen LogP contribution < -0.4 is 10.9 Å². The number of carboxylic acids is 2. The number of hydrogen-bond donors (Lipinski definition) is 4. The maximum atomic E-state index is 11.3. The van der Waals surface area contributed by atoms with Gasteiger partial charge in [0.1, 0.15) is 12.1 Å². The van der Waals surface area contributed by atoms with Gasteiger partial charge in [0, 0.05) is 26.2 Å². The number of hydrazine groups is 2. The lowest BCUT2D eigenvalue weighted by Gasteiger charge is -2.25. The fourth-order valence-electron chi connectivity index (χ4n) is 3.50. The maximum absolute atomic E-state index is 11.3. The minimum atomic E-state index is -0.873. The van der Waals surface area contributed by atoms with Gasteiger partial charge in [-0.05, 0) is 24.0 Å². The summed E-state index contributed by atoms with van der Waals surface area (Å²) in [6.45, 7) is 16.9. The highest BCUT2D eigenvalue weighted by Gasteiger charge is 2.20. The van der Waals surface area contributed by atoms with Gasteiger partial charge in [-0.15, -0.1) is 26.3 Å². The van der Waals surface area contributed by atoms with E-state index in [0.29, 0.717) is 39.0 Å². The second kappa shape index (κ2) is 19.3. The zero-order valence-corrected chi connectivity index (χ0v) is 21.9. The van der Waals surface area contributed by atoms with Gasteiger partial charge in [0.15, 0.2) is 0 Å². The molecular formula is C30H40N4O4. The Morgan fingerprint density at radius 1 is 0.632 bits per heavy atom. The van der Waals surface area contributed by atoms with Crippen LogP contribution in [0.15, 0.2) is 111 Å². The van der Waals surface area contributed by atoms with Gasteiger partial charge in [-0.1, -0.05) is 85.0 Å². The number of hydrogen-bond acceptors (Lipinski definition) is 6. The molecule has 0 amide bonds. The molecule has 0 saturated heterocycles. The van der Waals surface area contributed by atoms with E-state index in [0.717, 1.165) is 11.1 Å². The van der Waals surface area contributed by atoms with E-state index in [4.69, 9.17) is 0 Å². The molecule has 0 spiro atoms. The van der Waals surface area contributed by atoms with Crippen molar-refractivity contribution < 1.29 is 19.8 Å². The molecule has 8 nitrogen and oxygen atoms in total. The number of rotatable bonds is 18. The van der Waals surface area contributed by atoms with Gasteiger partial charge in [-0.2, -0.15) is 0 Å². The largest absolute Gasteiger partial charge is 0.480 e. The van der Waals surface area contributed by atoms with E-state index in [-0.39, 0.29) is 0 Å². The van der Waals surface area contributed by atoms with Crippen LogP contribution in [-0.4, -0.2) is 70.4 Å². The Hall–Kier alpha value is -3.82. The molecule has 0 aliphatic carbocycles. The minimum absolute atomic E-state index is 0.432. The SMILES string of the molecule is C=CCN(CC=C)N[C@@H](Cc1ccccc1)C(=O)O.C=CCN(CC=C)N[C@@H](Cc1ccccc1)C(=O)O. The summed E-state index contributed by atoms with van der Waals surface area (Å²) in [6.07, 6.45) is 7.74. The smallest absolute Gasteiger partial charge is 0.322 e. The number of nitrogens with zero attached hydrogens (tertiary/aromatic N) is 2. The third kappa shape index (κ3) is 13.5. The molecule has 2 aromatic rings. The molecule has 0 fully saturated rings. The normalized spacial score (nSPS) is 12.1. The first-order valence-electron chi connectivity index (χ1n) is 12.3. The second-order valence-corrected chi connectivity index (χ2v) is 8.38. The Morgan fingerprint density at radius 3 is 1.16 bits per heavy atom. The van der Waals surface area contributed by atoms with Crippen molar-refractivity contribution in [1.29, 1.82) is 0 Å². The van der Waals surface area contributed by atoms with Crippen molar-refractivity contribution >= 4 is 11.9 Å². The molecule has 0 heterocycles. The number of nitrogens with one attached hydrogen (secondary N) is 2. The van der Waals surface area contributed by atoms with Gasteiger partial charge >= 0.3 is 11.9 Å². The monoisotopic (exact) mass is 520 g/mol. The highest BCUT2D eigenvalue weighted by atomic mass is 16.4. The molecule has 38 heavy (non-hydrogen) atoms. The van der Waals surface area contributed by atoms with Crippen LogP contribution in [0, 0.1) is 0 Å². The number of aliphatic carboxylic acids is 2. The first kappa shape index (κ1) is 32.2. The minimum Gasteiger partial charge on any atom is -0.480 e. The van der Waals surface area contributed by atoms with Crippen LogP contribution in [0.4, 0.5) is 0 Å². The van der Waals surface area contributed by atoms with E-state index in [1.165, 1.54) is 0 Å². The van der Waals surface area contributed by atoms with Crippen molar-refractivity contribution in [2.75, 3.05) is 26.2 Å². The van der Waals surface area contributed by atoms with Crippen LogP contribution in [0.5, 0.6) is 0 Å². The van der Waals surface area contributed by atoms with Crippen LogP contribution >= 0.6 is 0 Å². The van der Waals surface area contributed by atoms with Gasteiger partial charge in [0.05, 0.1) is 0 Å². The fraction of sp³-hybridized carbons (Fsp3) is 0.267. The predicted octanol–water partition coefficient (Wildman–Crippen LogP) is 3.72. The molecule has 0 bridgehead atoms. The first-order valence-corrected chi connectivity index (χ1v) is 12.3. The Labute approximate surface area is 226 Å². The first-order chi connectivity index (χ1) is 18.3. The summed E-state index contributed by atoms with van der Waals surface area (Å²) >= 11 is 0. The molecule has 0 aromatic heterocycles. The molecule has 2 aromatic carbocycles. The Bertz CT molecular complexity index is 896. The molecule has 0 aliphatic rings. The summed E-state index contributed by atoms with van der Waals surface area (Å²) in [4.78, 5) is 22.6. The molecule has 0 aliphatic heterocycles. The predicted molar refractivity (Wildman–Crippen MR) is 153 cm³/mol. The maximum Gasteiger partial charge on any atom is 0.322 e. The van der Waals surface area contributed by atoms with E-state index in [1.807, 2.05) is 60.7 Å². The standard InChI is InChI=1S/2C15H20N2O2/c2*1-3-10-17(11-4-2)16-14(15(18)19)12-13-8-6-5-7-9-13/h2*3-9,14,16H,1-2,10-12H2,(H,18,19)/t2*14-/m00/s1. The van der Waals surface area contributed by atoms with Crippen LogP contribution in [-0.2, 0) is 22.4 Å². The number of carboxylic acid groups (broad SMARTS) is 2. The van der Waals surface area contributed by atoms with Crippen molar-refractivity contribution in [2.24, 2.45) is 0 Å². The highest BCUT2D eigenvalue weighted by Crippen LogP contribution is 2.05. The molecule has 204 valence electrons. The fourth-order valence-corrected chi connectivity index (χ4v) is 3.50. The molecule has 4 N–H and O–H groups in total. The van der Waals surface area contributed by atoms with Gasteiger partial charge < -0.3 is 10.2 Å². The van der Waals surface area contributed by atoms with E-state index in [9.17, 15) is 19.8 Å². The van der Waals surface area contributed by atoms with Gasteiger partial charge in [0.2, 0.25) is 0 Å². The average Bonchev–Trinajstić information content (AvgIpc) is 2.90. The summed E-state index contributed by atoms with van der Waals surface area (Å²) in [5.74, 6) is -1.75. The summed E-state index contributed by atoms with van der Waals surface area (Å²) in [5.41, 5.74) is 7.96. The quantitative estimate of drug-likeness (QED) is 0.174. The molecule has 0 saturated carbocycles. The third-order valence-electron chi connectivity index (χ3n) is 5.24. The van der Waals surface area contributed by atoms with Crippen molar-refractivity contribution in [3.63, 3.8) is 0 Å². The second-order valence-electron chi connectivity index (χ2n) is 8.38. The number of carbonyl (C=O) groups is 2. The van der Waals surface area contributed by atoms with Gasteiger partial charge in [-0.25, -0.2) is 20.9 Å². The van der Waals surface area contributed by atoms with Crippen LogP contribution in [0.1, 0.15) is 11.1 Å². The molecule has 8 heteroatoms. The summed E-state index contributed by atoms with van der Waals surface area (Å²) in [7, 11) is 0. The van der Waals surface area contributed by atoms with E-state index in [2.05, 4.69) is 37.2 Å². The summed E-state index contributed by atoms with van der Waals surface area (Å²) in [5, 5.41) is 22.1. The third-order valence-corrected chi connectivity index (χ3v) is 5.24. The van der Waals surface area contributed by atoms with Crippen LogP contribution in [0.3, 0.4) is 0 Å². The zero-order chi connectivity index (χ0) is 28.2.